The van der Waals surface area contributed by atoms with Crippen molar-refractivity contribution in [1.82, 2.24) is 4.31 Å². The summed E-state index contributed by atoms with van der Waals surface area (Å²) in [5.74, 6) is -0.0914. The molecule has 22 heavy (non-hydrogen) atoms. The molecular weight excluding hydrogens is 348 g/mol. The molecular formula is C13H21ClN2O4S2. The molecule has 1 aromatic carbocycles. The molecule has 1 heterocycles. The van der Waals surface area contributed by atoms with E-state index in [0.717, 1.165) is 6.26 Å². The second-order valence-electron chi connectivity index (χ2n) is 5.46. The van der Waals surface area contributed by atoms with Crippen LogP contribution in [0.5, 0.6) is 0 Å². The number of nitrogens with zero attached hydrogens (tertiary/aromatic N) is 1. The fourth-order valence-electron chi connectivity index (χ4n) is 2.33. The van der Waals surface area contributed by atoms with Gasteiger partial charge in [0.15, 0.2) is 9.84 Å². The van der Waals surface area contributed by atoms with Crippen LogP contribution in [0.1, 0.15) is 18.4 Å². The Morgan fingerprint density at radius 3 is 2.05 bits per heavy atom. The van der Waals surface area contributed by atoms with Gasteiger partial charge in [0.2, 0.25) is 10.0 Å². The quantitative estimate of drug-likeness (QED) is 0.846. The van der Waals surface area contributed by atoms with Gasteiger partial charge < -0.3 is 5.73 Å². The van der Waals surface area contributed by atoms with Crippen LogP contribution in [-0.2, 0) is 25.6 Å². The predicted octanol–water partition coefficient (Wildman–Crippen LogP) is 0.765. The summed E-state index contributed by atoms with van der Waals surface area (Å²) in [7, 11) is -6.64. The van der Waals surface area contributed by atoms with E-state index in [1.165, 1.54) is 16.4 Å². The van der Waals surface area contributed by atoms with Crippen LogP contribution in [0.15, 0.2) is 29.2 Å². The summed E-state index contributed by atoms with van der Waals surface area (Å²) in [6, 6.07) is 6.08. The minimum Gasteiger partial charge on any atom is -0.328 e. The number of hydrogen-bond acceptors (Lipinski definition) is 5. The maximum absolute atomic E-state index is 12.5. The first kappa shape index (κ1) is 19.4. The summed E-state index contributed by atoms with van der Waals surface area (Å²) in [6.45, 7) is 0.850. The van der Waals surface area contributed by atoms with E-state index in [1.54, 1.807) is 12.1 Å². The number of rotatable bonds is 4. The fraction of sp³-hybridized carbons (Fsp3) is 0.538. The van der Waals surface area contributed by atoms with Gasteiger partial charge in [0.05, 0.1) is 10.6 Å². The summed E-state index contributed by atoms with van der Waals surface area (Å²) in [5.41, 5.74) is 6.36. The first-order valence-corrected chi connectivity index (χ1v) is 10.2. The third-order valence-corrected chi connectivity index (χ3v) is 6.26. The van der Waals surface area contributed by atoms with Crippen molar-refractivity contribution < 1.29 is 16.8 Å². The van der Waals surface area contributed by atoms with Crippen LogP contribution in [0.2, 0.25) is 0 Å². The molecule has 1 aliphatic rings. The number of sulfonamides is 1. The van der Waals surface area contributed by atoms with Crippen LogP contribution in [0.4, 0.5) is 0 Å². The van der Waals surface area contributed by atoms with E-state index >= 15 is 0 Å². The van der Waals surface area contributed by atoms with Crippen molar-refractivity contribution in [3.63, 3.8) is 0 Å². The van der Waals surface area contributed by atoms with Gasteiger partial charge in [-0.1, -0.05) is 12.1 Å². The summed E-state index contributed by atoms with van der Waals surface area (Å²) in [4.78, 5) is 0.190. The second-order valence-corrected chi connectivity index (χ2v) is 9.53. The smallest absolute Gasteiger partial charge is 0.243 e. The van der Waals surface area contributed by atoms with Gasteiger partial charge in [-0.05, 0) is 30.5 Å². The van der Waals surface area contributed by atoms with Crippen LogP contribution in [0, 0.1) is 0 Å². The summed E-state index contributed by atoms with van der Waals surface area (Å²) in [5, 5.41) is 0. The van der Waals surface area contributed by atoms with Crippen LogP contribution in [-0.4, -0.2) is 46.5 Å². The zero-order chi connectivity index (χ0) is 15.7. The standard InChI is InChI=1S/C13H20N2O4S2.ClH/c1-20(16,17)10-11-2-4-13(5-3-11)21(18,19)15-8-6-12(14)7-9-15;/h2-5,12H,6-10,14H2,1H3;1H. The molecule has 2 rings (SSSR count). The Kier molecular flexibility index (Phi) is 6.40. The molecule has 0 bridgehead atoms. The average Bonchev–Trinajstić information content (AvgIpc) is 2.38. The lowest BCUT2D eigenvalue weighted by atomic mass is 10.1. The Hall–Kier alpha value is -0.670. The number of nitrogens with two attached hydrogens (primary N) is 1. The molecule has 9 heteroatoms. The SMILES string of the molecule is CS(=O)(=O)Cc1ccc(S(=O)(=O)N2CCC(N)CC2)cc1.Cl. The number of halogens is 1. The molecule has 0 aliphatic carbocycles. The second kappa shape index (κ2) is 7.27. The van der Waals surface area contributed by atoms with E-state index in [1.807, 2.05) is 0 Å². The van der Waals surface area contributed by atoms with E-state index in [2.05, 4.69) is 0 Å². The van der Waals surface area contributed by atoms with Gasteiger partial charge in [-0.2, -0.15) is 4.31 Å². The number of hydrogen-bond donors (Lipinski definition) is 1. The van der Waals surface area contributed by atoms with Crippen LogP contribution < -0.4 is 5.73 Å². The van der Waals surface area contributed by atoms with Crippen molar-refractivity contribution in [1.29, 1.82) is 0 Å². The highest BCUT2D eigenvalue weighted by Crippen LogP contribution is 2.21. The van der Waals surface area contributed by atoms with Gasteiger partial charge >= 0.3 is 0 Å². The third-order valence-electron chi connectivity index (χ3n) is 3.49. The van der Waals surface area contributed by atoms with Crippen molar-refractivity contribution in [2.24, 2.45) is 5.73 Å². The molecule has 1 aromatic rings. The van der Waals surface area contributed by atoms with Crippen molar-refractivity contribution >= 4 is 32.3 Å². The van der Waals surface area contributed by atoms with Gasteiger partial charge in [-0.15, -0.1) is 12.4 Å². The van der Waals surface area contributed by atoms with Gasteiger partial charge in [0, 0.05) is 25.4 Å². The third kappa shape index (κ3) is 4.92. The molecule has 1 aliphatic heterocycles. The van der Waals surface area contributed by atoms with Crippen molar-refractivity contribution in [2.75, 3.05) is 19.3 Å². The van der Waals surface area contributed by atoms with E-state index in [0.29, 0.717) is 31.5 Å². The van der Waals surface area contributed by atoms with E-state index < -0.39 is 19.9 Å². The number of sulfone groups is 1. The Morgan fingerprint density at radius 1 is 1.09 bits per heavy atom. The lowest BCUT2D eigenvalue weighted by molar-refractivity contribution is 0.320. The normalized spacial score (nSPS) is 17.9. The molecule has 0 unspecified atom stereocenters. The van der Waals surface area contributed by atoms with Gasteiger partial charge in [-0.25, -0.2) is 16.8 Å². The molecule has 1 saturated heterocycles. The first-order chi connectivity index (χ1) is 9.68. The van der Waals surface area contributed by atoms with Gasteiger partial charge in [0.1, 0.15) is 0 Å². The fourth-order valence-corrected chi connectivity index (χ4v) is 4.59. The van der Waals surface area contributed by atoms with E-state index in [-0.39, 0.29) is 29.1 Å². The molecule has 0 saturated carbocycles. The molecule has 6 nitrogen and oxygen atoms in total. The molecule has 0 radical (unpaired) electrons. The van der Waals surface area contributed by atoms with Gasteiger partial charge in [0.25, 0.3) is 0 Å². The zero-order valence-electron chi connectivity index (χ0n) is 12.3. The maximum Gasteiger partial charge on any atom is 0.243 e. The van der Waals surface area contributed by atoms with Crippen molar-refractivity contribution in [2.45, 2.75) is 29.5 Å². The number of piperidine rings is 1. The Morgan fingerprint density at radius 2 is 1.59 bits per heavy atom. The topological polar surface area (TPSA) is 97.5 Å². The average molecular weight is 369 g/mol. The molecule has 0 spiro atoms. The van der Waals surface area contributed by atoms with Crippen LogP contribution >= 0.6 is 12.4 Å². The Balaban J connectivity index is 0.00000242. The summed E-state index contributed by atoms with van der Waals surface area (Å²) < 4.78 is 48.8. The largest absolute Gasteiger partial charge is 0.328 e. The summed E-state index contributed by atoms with van der Waals surface area (Å²) >= 11 is 0. The summed E-state index contributed by atoms with van der Waals surface area (Å²) in [6.07, 6.45) is 2.46. The Bertz CT molecular complexity index is 694. The molecule has 2 N–H and O–H groups in total. The van der Waals surface area contributed by atoms with E-state index in [9.17, 15) is 16.8 Å². The molecule has 1 fully saturated rings. The lowest BCUT2D eigenvalue weighted by Gasteiger charge is -2.29. The van der Waals surface area contributed by atoms with Gasteiger partial charge in [-0.3, -0.25) is 0 Å². The molecule has 0 aromatic heterocycles. The monoisotopic (exact) mass is 368 g/mol. The number of benzene rings is 1. The first-order valence-electron chi connectivity index (χ1n) is 6.71. The van der Waals surface area contributed by atoms with Crippen molar-refractivity contribution in [3.8, 4) is 0 Å². The van der Waals surface area contributed by atoms with Crippen LogP contribution in [0.3, 0.4) is 0 Å². The minimum absolute atomic E-state index is 0. The maximum atomic E-state index is 12.5. The highest BCUT2D eigenvalue weighted by molar-refractivity contribution is 7.90. The van der Waals surface area contributed by atoms with Crippen molar-refractivity contribution in [3.05, 3.63) is 29.8 Å². The zero-order valence-corrected chi connectivity index (χ0v) is 14.8. The molecule has 0 atom stereocenters. The van der Waals surface area contributed by atoms with Crippen LogP contribution in [0.25, 0.3) is 0 Å². The Labute approximate surface area is 138 Å². The predicted molar refractivity (Wildman–Crippen MR) is 88.2 cm³/mol. The molecule has 126 valence electrons. The molecule has 0 amide bonds. The highest BCUT2D eigenvalue weighted by Gasteiger charge is 2.28. The lowest BCUT2D eigenvalue weighted by Crippen LogP contribution is -2.42. The van der Waals surface area contributed by atoms with E-state index in [4.69, 9.17) is 5.73 Å². The minimum atomic E-state index is -3.52. The highest BCUT2D eigenvalue weighted by atomic mass is 35.5.